The number of H-pyrrole nitrogens is 1. The Labute approximate surface area is 164 Å². The van der Waals surface area contributed by atoms with Gasteiger partial charge in [-0.2, -0.15) is 0 Å². The molecule has 2 aromatic heterocycles. The Morgan fingerprint density at radius 3 is 2.86 bits per heavy atom. The van der Waals surface area contributed by atoms with E-state index >= 15 is 0 Å². The Balaban J connectivity index is 1.64. The molecule has 0 spiro atoms. The second-order valence-electron chi connectivity index (χ2n) is 6.76. The summed E-state index contributed by atoms with van der Waals surface area (Å²) in [6.07, 6.45) is 4.49. The third-order valence-electron chi connectivity index (χ3n) is 4.46. The molecule has 3 aromatic rings. The number of aromatic nitrogens is 2. The van der Waals surface area contributed by atoms with Gasteiger partial charge in [-0.25, -0.2) is 14.4 Å². The zero-order chi connectivity index (χ0) is 19.9. The molecule has 7 heteroatoms. The van der Waals surface area contributed by atoms with E-state index in [9.17, 15) is 4.39 Å². The molecule has 0 aliphatic carbocycles. The summed E-state index contributed by atoms with van der Waals surface area (Å²) in [7, 11) is 3.95. The van der Waals surface area contributed by atoms with E-state index in [4.69, 9.17) is 0 Å². The maximum Gasteiger partial charge on any atom is 0.191 e. The third-order valence-corrected chi connectivity index (χ3v) is 4.46. The monoisotopic (exact) mass is 382 g/mol. The lowest BCUT2D eigenvalue weighted by Gasteiger charge is -2.15. The first-order valence-corrected chi connectivity index (χ1v) is 9.47. The number of pyridine rings is 1. The molecule has 3 N–H and O–H groups in total. The van der Waals surface area contributed by atoms with Gasteiger partial charge in [0, 0.05) is 56.0 Å². The average Bonchev–Trinajstić information content (AvgIpc) is 3.08. The smallest absolute Gasteiger partial charge is 0.191 e. The normalized spacial score (nSPS) is 11.6. The van der Waals surface area contributed by atoms with E-state index in [2.05, 4.69) is 25.6 Å². The summed E-state index contributed by atoms with van der Waals surface area (Å²) >= 11 is 0. The van der Waals surface area contributed by atoms with Crippen LogP contribution in [0.4, 0.5) is 10.2 Å². The van der Waals surface area contributed by atoms with Crippen molar-refractivity contribution < 1.29 is 4.39 Å². The lowest BCUT2D eigenvalue weighted by Crippen LogP contribution is -2.38. The minimum atomic E-state index is -0.218. The Morgan fingerprint density at radius 1 is 1.21 bits per heavy atom. The van der Waals surface area contributed by atoms with Crippen molar-refractivity contribution in [3.05, 3.63) is 59.7 Å². The predicted octanol–water partition coefficient (Wildman–Crippen LogP) is 3.07. The van der Waals surface area contributed by atoms with Gasteiger partial charge in [-0.3, -0.25) is 0 Å². The Morgan fingerprint density at radius 2 is 2.07 bits per heavy atom. The lowest BCUT2D eigenvalue weighted by atomic mass is 10.1. The number of guanidine groups is 1. The van der Waals surface area contributed by atoms with Gasteiger partial charge in [0.25, 0.3) is 0 Å². The fourth-order valence-corrected chi connectivity index (χ4v) is 3.14. The molecule has 0 atom stereocenters. The van der Waals surface area contributed by atoms with Gasteiger partial charge in [-0.05, 0) is 43.2 Å². The van der Waals surface area contributed by atoms with Crippen molar-refractivity contribution in [2.75, 3.05) is 32.1 Å². The molecule has 0 fully saturated rings. The lowest BCUT2D eigenvalue weighted by molar-refractivity contribution is 0.629. The highest BCUT2D eigenvalue weighted by Crippen LogP contribution is 2.19. The van der Waals surface area contributed by atoms with Gasteiger partial charge in [0.2, 0.25) is 0 Å². The van der Waals surface area contributed by atoms with Crippen LogP contribution in [-0.4, -0.2) is 43.1 Å². The number of aromatic amines is 1. The van der Waals surface area contributed by atoms with Crippen LogP contribution >= 0.6 is 0 Å². The molecule has 148 valence electrons. The van der Waals surface area contributed by atoms with Crippen LogP contribution < -0.4 is 15.5 Å². The summed E-state index contributed by atoms with van der Waals surface area (Å²) in [5.41, 5.74) is 3.10. The number of nitrogens with zero attached hydrogens (tertiary/aromatic N) is 3. The second kappa shape index (κ2) is 9.21. The zero-order valence-corrected chi connectivity index (χ0v) is 16.6. The molecular formula is C21H27FN6. The number of halogens is 1. The number of anilines is 1. The molecular weight excluding hydrogens is 355 g/mol. The minimum absolute atomic E-state index is 0.218. The molecule has 0 bridgehead atoms. The topological polar surface area (TPSA) is 68.3 Å². The van der Waals surface area contributed by atoms with E-state index in [0.29, 0.717) is 13.1 Å². The van der Waals surface area contributed by atoms with Gasteiger partial charge in [-0.1, -0.05) is 6.07 Å². The number of aliphatic imine (C=N–C) groups is 1. The zero-order valence-electron chi connectivity index (χ0n) is 16.6. The van der Waals surface area contributed by atoms with Crippen molar-refractivity contribution >= 4 is 22.7 Å². The van der Waals surface area contributed by atoms with E-state index < -0.39 is 0 Å². The number of rotatable bonds is 7. The third kappa shape index (κ3) is 4.79. The fraction of sp³-hybridized carbons (Fsp3) is 0.333. The van der Waals surface area contributed by atoms with Crippen LogP contribution in [0, 0.1) is 5.82 Å². The van der Waals surface area contributed by atoms with Crippen LogP contribution in [0.3, 0.4) is 0 Å². The van der Waals surface area contributed by atoms with E-state index in [1.807, 2.05) is 44.2 Å². The van der Waals surface area contributed by atoms with Gasteiger partial charge in [0.15, 0.2) is 5.96 Å². The molecule has 0 amide bonds. The molecule has 2 heterocycles. The first-order valence-electron chi connectivity index (χ1n) is 9.47. The molecule has 0 unspecified atom stereocenters. The molecule has 1 aromatic carbocycles. The molecule has 0 saturated heterocycles. The maximum absolute atomic E-state index is 13.5. The molecule has 0 saturated carbocycles. The summed E-state index contributed by atoms with van der Waals surface area (Å²) in [5.74, 6) is 1.45. The first kappa shape index (κ1) is 19.7. The predicted molar refractivity (Wildman–Crippen MR) is 113 cm³/mol. The van der Waals surface area contributed by atoms with Crippen LogP contribution in [0.25, 0.3) is 10.9 Å². The van der Waals surface area contributed by atoms with Crippen LogP contribution in [0.1, 0.15) is 18.1 Å². The fourth-order valence-electron chi connectivity index (χ4n) is 3.14. The number of hydrogen-bond donors (Lipinski definition) is 3. The Bertz CT molecular complexity index is 947. The van der Waals surface area contributed by atoms with Crippen molar-refractivity contribution in [3.8, 4) is 0 Å². The van der Waals surface area contributed by atoms with Crippen LogP contribution in [0.15, 0.2) is 47.7 Å². The Kier molecular flexibility index (Phi) is 6.47. The molecule has 28 heavy (non-hydrogen) atoms. The number of fused-ring (bicyclic) bond motifs is 1. The van der Waals surface area contributed by atoms with Gasteiger partial charge in [-0.15, -0.1) is 0 Å². The Hall–Kier alpha value is -3.09. The maximum atomic E-state index is 13.5. The molecule has 0 radical (unpaired) electrons. The molecule has 0 aliphatic rings. The second-order valence-corrected chi connectivity index (χ2v) is 6.76. The van der Waals surface area contributed by atoms with E-state index in [1.165, 1.54) is 6.07 Å². The van der Waals surface area contributed by atoms with E-state index in [0.717, 1.165) is 46.8 Å². The SMILES string of the molecule is CCNC(=NCc1cccnc1N(C)C)NCCc1c[nH]c2ccc(F)cc12. The van der Waals surface area contributed by atoms with Gasteiger partial charge in [0.1, 0.15) is 11.6 Å². The summed E-state index contributed by atoms with van der Waals surface area (Å²) in [6, 6.07) is 8.77. The van der Waals surface area contributed by atoms with Gasteiger partial charge in [0.05, 0.1) is 6.54 Å². The quantitative estimate of drug-likeness (QED) is 0.434. The highest BCUT2D eigenvalue weighted by Gasteiger charge is 2.07. The van der Waals surface area contributed by atoms with E-state index in [-0.39, 0.29) is 5.82 Å². The van der Waals surface area contributed by atoms with Crippen molar-refractivity contribution in [2.24, 2.45) is 4.99 Å². The highest BCUT2D eigenvalue weighted by molar-refractivity contribution is 5.83. The molecule has 0 aliphatic heterocycles. The first-order chi connectivity index (χ1) is 13.6. The van der Waals surface area contributed by atoms with Crippen LogP contribution in [-0.2, 0) is 13.0 Å². The van der Waals surface area contributed by atoms with Gasteiger partial charge >= 0.3 is 0 Å². The summed E-state index contributed by atoms with van der Waals surface area (Å²) < 4.78 is 13.5. The minimum Gasteiger partial charge on any atom is -0.362 e. The highest BCUT2D eigenvalue weighted by atomic mass is 19.1. The average molecular weight is 382 g/mol. The number of benzene rings is 1. The molecule has 3 rings (SSSR count). The van der Waals surface area contributed by atoms with Crippen molar-refractivity contribution in [1.82, 2.24) is 20.6 Å². The number of hydrogen-bond acceptors (Lipinski definition) is 3. The largest absolute Gasteiger partial charge is 0.362 e. The van der Waals surface area contributed by atoms with Gasteiger partial charge < -0.3 is 20.5 Å². The van der Waals surface area contributed by atoms with E-state index in [1.54, 1.807) is 18.3 Å². The molecule has 6 nitrogen and oxygen atoms in total. The van der Waals surface area contributed by atoms with Crippen molar-refractivity contribution in [3.63, 3.8) is 0 Å². The summed E-state index contributed by atoms with van der Waals surface area (Å²) in [4.78, 5) is 14.3. The van der Waals surface area contributed by atoms with Crippen molar-refractivity contribution in [2.45, 2.75) is 19.9 Å². The standard InChI is InChI=1S/C21H27FN6/c1-4-23-21(27-14-16-6-5-10-24-20(16)28(2)3)25-11-9-15-13-26-19-8-7-17(22)12-18(15)19/h5-8,10,12-13,26H,4,9,11,14H2,1-3H3,(H2,23,25,27). The summed E-state index contributed by atoms with van der Waals surface area (Å²) in [6.45, 7) is 4.05. The van der Waals surface area contributed by atoms with Crippen molar-refractivity contribution in [1.29, 1.82) is 0 Å². The van der Waals surface area contributed by atoms with Crippen LogP contribution in [0.2, 0.25) is 0 Å². The summed E-state index contributed by atoms with van der Waals surface area (Å²) in [5, 5.41) is 7.55. The number of nitrogens with one attached hydrogen (secondary N) is 3. The van der Waals surface area contributed by atoms with Crippen LogP contribution in [0.5, 0.6) is 0 Å².